The van der Waals surface area contributed by atoms with Gasteiger partial charge < -0.3 is 5.32 Å². The fraction of sp³-hybridized carbons (Fsp3) is 0.650. The van der Waals surface area contributed by atoms with E-state index in [9.17, 15) is 13.2 Å². The van der Waals surface area contributed by atoms with Gasteiger partial charge in [-0.3, -0.25) is 0 Å². The molecule has 2 aliphatic carbocycles. The van der Waals surface area contributed by atoms with Crippen molar-refractivity contribution < 1.29 is 13.2 Å². The van der Waals surface area contributed by atoms with Crippen LogP contribution in [0.4, 0.5) is 10.5 Å². The van der Waals surface area contributed by atoms with Gasteiger partial charge in [0.2, 0.25) is 10.0 Å². The number of carbonyl (C=O) groups is 1. The van der Waals surface area contributed by atoms with E-state index in [1.807, 2.05) is 0 Å². The number of anilines is 1. The van der Waals surface area contributed by atoms with Crippen LogP contribution >= 0.6 is 0 Å². The van der Waals surface area contributed by atoms with Crippen molar-refractivity contribution in [1.29, 1.82) is 0 Å². The van der Waals surface area contributed by atoms with Gasteiger partial charge in [-0.15, -0.1) is 0 Å². The van der Waals surface area contributed by atoms with Crippen LogP contribution < -0.4 is 10.0 Å². The van der Waals surface area contributed by atoms with Gasteiger partial charge in [-0.05, 0) is 73.1 Å². The lowest BCUT2D eigenvalue weighted by Crippen LogP contribution is -2.36. The number of rotatable bonds is 7. The molecule has 0 aromatic heterocycles. The summed E-state index contributed by atoms with van der Waals surface area (Å²) in [6.07, 6.45) is 8.83. The Hall–Kier alpha value is -1.56. The molecule has 0 aliphatic heterocycles. The molecule has 0 saturated heterocycles. The molecular weight excluding hydrogens is 348 g/mol. The lowest BCUT2D eigenvalue weighted by molar-refractivity contribution is 0.256. The van der Waals surface area contributed by atoms with Crippen LogP contribution in [-0.4, -0.2) is 20.2 Å². The van der Waals surface area contributed by atoms with Crippen molar-refractivity contribution in [2.24, 2.45) is 5.92 Å². The van der Waals surface area contributed by atoms with Crippen LogP contribution in [0.1, 0.15) is 68.2 Å². The maximum atomic E-state index is 12.4. The molecule has 5 nitrogen and oxygen atoms in total. The molecule has 2 aliphatic rings. The second-order valence-electron chi connectivity index (χ2n) is 7.79. The van der Waals surface area contributed by atoms with Gasteiger partial charge in [0.15, 0.2) is 0 Å². The van der Waals surface area contributed by atoms with E-state index in [4.69, 9.17) is 0 Å². The van der Waals surface area contributed by atoms with Gasteiger partial charge in [0.05, 0.1) is 5.75 Å². The molecule has 2 amide bonds. The fourth-order valence-electron chi connectivity index (χ4n) is 4.29. The lowest BCUT2D eigenvalue weighted by Gasteiger charge is -2.17. The first-order valence-electron chi connectivity index (χ1n) is 9.87. The standard InChI is InChI=1S/C20H30N2O3S/c1-3-6-14(2)11-12-26(24,25)22-20(23)21-19-17-9-4-7-15(17)13-16-8-5-10-18(16)19/h13-14H,3-12H2,1-2H3,(H2,21,22,23). The summed E-state index contributed by atoms with van der Waals surface area (Å²) in [6.45, 7) is 4.14. The molecular formula is C20H30N2O3S. The van der Waals surface area contributed by atoms with Gasteiger partial charge in [-0.25, -0.2) is 17.9 Å². The molecule has 1 aromatic rings. The predicted molar refractivity (Wildman–Crippen MR) is 105 cm³/mol. The Kier molecular flexibility index (Phi) is 5.90. The summed E-state index contributed by atoms with van der Waals surface area (Å²) in [5.74, 6) is 0.340. The number of sulfonamides is 1. The minimum Gasteiger partial charge on any atom is -0.307 e. The summed E-state index contributed by atoms with van der Waals surface area (Å²) in [7, 11) is -3.60. The van der Waals surface area contributed by atoms with Crippen LogP contribution in [0.3, 0.4) is 0 Å². The summed E-state index contributed by atoms with van der Waals surface area (Å²) < 4.78 is 26.7. The molecule has 1 aromatic carbocycles. The number of amides is 2. The van der Waals surface area contributed by atoms with Crippen molar-refractivity contribution in [2.45, 2.75) is 71.6 Å². The van der Waals surface area contributed by atoms with E-state index in [-0.39, 0.29) is 5.75 Å². The first-order valence-corrected chi connectivity index (χ1v) is 11.5. The molecule has 26 heavy (non-hydrogen) atoms. The van der Waals surface area contributed by atoms with Crippen molar-refractivity contribution in [3.05, 3.63) is 28.3 Å². The SMILES string of the molecule is CCCC(C)CCS(=O)(=O)NC(=O)Nc1c2c(cc3c1CCC3)CCC2. The summed E-state index contributed by atoms with van der Waals surface area (Å²) in [5, 5.41) is 2.88. The number of fused-ring (bicyclic) bond motifs is 2. The highest BCUT2D eigenvalue weighted by Crippen LogP contribution is 2.38. The lowest BCUT2D eigenvalue weighted by atomic mass is 9.99. The van der Waals surface area contributed by atoms with Gasteiger partial charge in [0.25, 0.3) is 0 Å². The molecule has 0 saturated carbocycles. The average molecular weight is 379 g/mol. The maximum Gasteiger partial charge on any atom is 0.332 e. The number of hydrogen-bond acceptors (Lipinski definition) is 3. The Morgan fingerprint density at radius 2 is 1.69 bits per heavy atom. The second-order valence-corrected chi connectivity index (χ2v) is 9.63. The van der Waals surface area contributed by atoms with Gasteiger partial charge in [-0.2, -0.15) is 0 Å². The van der Waals surface area contributed by atoms with Crippen LogP contribution in [0.25, 0.3) is 0 Å². The summed E-state index contributed by atoms with van der Waals surface area (Å²) in [6, 6.07) is 1.67. The average Bonchev–Trinajstić information content (AvgIpc) is 3.21. The van der Waals surface area contributed by atoms with Gasteiger partial charge >= 0.3 is 6.03 Å². The van der Waals surface area contributed by atoms with Crippen LogP contribution in [0, 0.1) is 5.92 Å². The van der Waals surface area contributed by atoms with E-state index < -0.39 is 16.1 Å². The zero-order chi connectivity index (χ0) is 18.7. The van der Waals surface area contributed by atoms with Crippen LogP contribution in [-0.2, 0) is 35.7 Å². The largest absolute Gasteiger partial charge is 0.332 e. The summed E-state index contributed by atoms with van der Waals surface area (Å²) in [4.78, 5) is 12.4. The van der Waals surface area contributed by atoms with Crippen LogP contribution in [0.5, 0.6) is 0 Å². The summed E-state index contributed by atoms with van der Waals surface area (Å²) in [5.41, 5.74) is 5.92. The smallest absolute Gasteiger partial charge is 0.307 e. The Morgan fingerprint density at radius 1 is 1.08 bits per heavy atom. The van der Waals surface area contributed by atoms with E-state index in [2.05, 4.69) is 30.0 Å². The summed E-state index contributed by atoms with van der Waals surface area (Å²) >= 11 is 0. The van der Waals surface area contributed by atoms with Gasteiger partial charge in [0, 0.05) is 5.69 Å². The second kappa shape index (κ2) is 7.99. The molecule has 0 spiro atoms. The number of aryl methyl sites for hydroxylation is 2. The first-order chi connectivity index (χ1) is 12.4. The highest BCUT2D eigenvalue weighted by atomic mass is 32.2. The fourth-order valence-corrected chi connectivity index (χ4v) is 5.44. The Morgan fingerprint density at radius 3 is 2.27 bits per heavy atom. The normalized spacial score (nSPS) is 16.8. The van der Waals surface area contributed by atoms with Crippen molar-refractivity contribution in [1.82, 2.24) is 4.72 Å². The van der Waals surface area contributed by atoms with E-state index in [1.54, 1.807) is 0 Å². The minimum atomic E-state index is -3.60. The molecule has 0 fully saturated rings. The molecule has 2 N–H and O–H groups in total. The number of hydrogen-bond donors (Lipinski definition) is 2. The molecule has 0 radical (unpaired) electrons. The van der Waals surface area contributed by atoms with E-state index in [0.29, 0.717) is 12.3 Å². The molecule has 144 valence electrons. The highest BCUT2D eigenvalue weighted by Gasteiger charge is 2.26. The molecule has 3 rings (SSSR count). The van der Waals surface area contributed by atoms with E-state index in [1.165, 1.54) is 22.3 Å². The predicted octanol–water partition coefficient (Wildman–Crippen LogP) is 3.94. The van der Waals surface area contributed by atoms with Crippen molar-refractivity contribution in [3.63, 3.8) is 0 Å². The molecule has 0 bridgehead atoms. The minimum absolute atomic E-state index is 0.00735. The van der Waals surface area contributed by atoms with Gasteiger partial charge in [-0.1, -0.05) is 32.8 Å². The molecule has 0 heterocycles. The monoisotopic (exact) mass is 378 g/mol. The van der Waals surface area contributed by atoms with Crippen molar-refractivity contribution in [2.75, 3.05) is 11.1 Å². The maximum absolute atomic E-state index is 12.4. The number of nitrogens with one attached hydrogen (secondary N) is 2. The quantitative estimate of drug-likeness (QED) is 0.754. The third-order valence-electron chi connectivity index (χ3n) is 5.62. The van der Waals surface area contributed by atoms with E-state index >= 15 is 0 Å². The highest BCUT2D eigenvalue weighted by molar-refractivity contribution is 7.90. The zero-order valence-electron chi connectivity index (χ0n) is 15.9. The third kappa shape index (κ3) is 4.40. The number of urea groups is 1. The number of carbonyl (C=O) groups excluding carboxylic acids is 1. The first kappa shape index (κ1) is 19.2. The molecule has 6 heteroatoms. The van der Waals surface area contributed by atoms with Crippen LogP contribution in [0.15, 0.2) is 6.07 Å². The Labute approximate surface area is 157 Å². The van der Waals surface area contributed by atoms with Crippen molar-refractivity contribution >= 4 is 21.7 Å². The van der Waals surface area contributed by atoms with Crippen molar-refractivity contribution in [3.8, 4) is 0 Å². The van der Waals surface area contributed by atoms with Gasteiger partial charge in [0.1, 0.15) is 0 Å². The molecule has 1 unspecified atom stereocenters. The topological polar surface area (TPSA) is 75.3 Å². The van der Waals surface area contributed by atoms with Crippen LogP contribution in [0.2, 0.25) is 0 Å². The van der Waals surface area contributed by atoms with E-state index in [0.717, 1.165) is 57.1 Å². The third-order valence-corrected chi connectivity index (χ3v) is 6.89. The Bertz CT molecular complexity index is 754. The number of benzene rings is 1. The molecule has 1 atom stereocenters. The zero-order valence-corrected chi connectivity index (χ0v) is 16.7. The Balaban J connectivity index is 1.67.